The van der Waals surface area contributed by atoms with Crippen LogP contribution < -0.4 is 20.1 Å². The van der Waals surface area contributed by atoms with Gasteiger partial charge in [0.2, 0.25) is 0 Å². The Morgan fingerprint density at radius 1 is 0.884 bits per heavy atom. The van der Waals surface area contributed by atoms with E-state index in [1.165, 1.54) is 0 Å². The first kappa shape index (κ1) is 33.6. The Bertz CT molecular complexity index is 1350. The third kappa shape index (κ3) is 9.83. The maximum Gasteiger partial charge on any atom is 0.253 e. The Balaban J connectivity index is 1.83. The number of aliphatic hydroxyl groups is 1. The highest BCUT2D eigenvalue weighted by molar-refractivity contribution is 6.00. The number of aliphatic hydroxyl groups excluding tert-OH is 1. The zero-order valence-electron chi connectivity index (χ0n) is 26.4. The van der Waals surface area contributed by atoms with Gasteiger partial charge in [-0.1, -0.05) is 43.7 Å². The summed E-state index contributed by atoms with van der Waals surface area (Å²) in [6.07, 6.45) is 1.17. The molecule has 3 N–H and O–H groups in total. The minimum absolute atomic E-state index is 0.0794. The molecule has 0 saturated heterocycles. The highest BCUT2D eigenvalue weighted by Crippen LogP contribution is 2.23. The number of ether oxygens (including phenoxy) is 2. The number of benzene rings is 3. The van der Waals surface area contributed by atoms with Gasteiger partial charge in [0.15, 0.2) is 0 Å². The molecule has 0 aromatic heterocycles. The van der Waals surface area contributed by atoms with E-state index >= 15 is 0 Å². The average Bonchev–Trinajstić information content (AvgIpc) is 3.00. The molecule has 0 aliphatic carbocycles. The van der Waals surface area contributed by atoms with Crippen LogP contribution in [0.25, 0.3) is 0 Å². The normalized spacial score (nSPS) is 12.3. The first-order chi connectivity index (χ1) is 20.7. The van der Waals surface area contributed by atoms with Gasteiger partial charge in [-0.15, -0.1) is 0 Å². The highest BCUT2D eigenvalue weighted by Gasteiger charge is 2.25. The maximum atomic E-state index is 13.7. The van der Waals surface area contributed by atoms with Crippen molar-refractivity contribution in [3.05, 3.63) is 94.0 Å². The van der Waals surface area contributed by atoms with Crippen LogP contribution in [0.4, 0.5) is 0 Å². The van der Waals surface area contributed by atoms with Crippen molar-refractivity contribution in [1.29, 1.82) is 0 Å². The van der Waals surface area contributed by atoms with Crippen LogP contribution in [0.5, 0.6) is 11.5 Å². The van der Waals surface area contributed by atoms with Gasteiger partial charge in [-0.25, -0.2) is 0 Å². The van der Waals surface area contributed by atoms with Gasteiger partial charge in [0, 0.05) is 37.3 Å². The molecule has 0 radical (unpaired) electrons. The van der Waals surface area contributed by atoms with Crippen LogP contribution in [0.15, 0.2) is 60.7 Å². The second-order valence-electron chi connectivity index (χ2n) is 11.0. The van der Waals surface area contributed by atoms with E-state index in [1.54, 1.807) is 26.4 Å². The Morgan fingerprint density at radius 3 is 2.28 bits per heavy atom. The molecule has 0 unspecified atom stereocenters. The molecule has 0 fully saturated rings. The summed E-state index contributed by atoms with van der Waals surface area (Å²) in [7, 11) is 3.24. The second kappa shape index (κ2) is 16.7. The molecular weight excluding hydrogens is 542 g/mol. The van der Waals surface area contributed by atoms with E-state index in [4.69, 9.17) is 9.47 Å². The lowest BCUT2D eigenvalue weighted by Gasteiger charge is -2.26. The molecule has 232 valence electrons. The van der Waals surface area contributed by atoms with Gasteiger partial charge in [-0.3, -0.25) is 9.59 Å². The van der Waals surface area contributed by atoms with Crippen molar-refractivity contribution in [2.45, 2.75) is 65.6 Å². The van der Waals surface area contributed by atoms with Crippen LogP contribution in [0.2, 0.25) is 0 Å². The summed E-state index contributed by atoms with van der Waals surface area (Å²) in [5, 5.41) is 17.7. The van der Waals surface area contributed by atoms with E-state index in [0.29, 0.717) is 42.9 Å². The van der Waals surface area contributed by atoms with Crippen LogP contribution in [0.1, 0.15) is 69.7 Å². The Hall–Kier alpha value is -3.88. The molecule has 43 heavy (non-hydrogen) atoms. The van der Waals surface area contributed by atoms with E-state index in [9.17, 15) is 14.7 Å². The predicted octanol–water partition coefficient (Wildman–Crippen LogP) is 5.07. The van der Waals surface area contributed by atoms with E-state index in [-0.39, 0.29) is 18.4 Å². The van der Waals surface area contributed by atoms with Gasteiger partial charge in [0.1, 0.15) is 11.5 Å². The molecule has 2 atom stereocenters. The zero-order chi connectivity index (χ0) is 31.4. The highest BCUT2D eigenvalue weighted by atomic mass is 16.5. The van der Waals surface area contributed by atoms with Crippen molar-refractivity contribution in [3.63, 3.8) is 0 Å². The topological polar surface area (TPSA) is 100 Å². The Kier molecular flexibility index (Phi) is 13.0. The fraction of sp³-hybridized carbons (Fsp3) is 0.429. The largest absolute Gasteiger partial charge is 0.497 e. The summed E-state index contributed by atoms with van der Waals surface area (Å²) in [6.45, 7) is 10.1. The van der Waals surface area contributed by atoms with Crippen molar-refractivity contribution in [2.75, 3.05) is 33.9 Å². The van der Waals surface area contributed by atoms with Gasteiger partial charge in [-0.05, 0) is 86.2 Å². The molecule has 3 aromatic carbocycles. The maximum absolute atomic E-state index is 13.7. The minimum Gasteiger partial charge on any atom is -0.497 e. The van der Waals surface area contributed by atoms with E-state index < -0.39 is 12.1 Å². The number of amides is 2. The van der Waals surface area contributed by atoms with Crippen LogP contribution >= 0.6 is 0 Å². The third-order valence-electron chi connectivity index (χ3n) is 7.33. The zero-order valence-corrected chi connectivity index (χ0v) is 26.4. The van der Waals surface area contributed by atoms with E-state index in [2.05, 4.69) is 10.6 Å². The number of carbonyl (C=O) groups is 2. The lowest BCUT2D eigenvalue weighted by molar-refractivity contribution is 0.0755. The van der Waals surface area contributed by atoms with Crippen molar-refractivity contribution < 1.29 is 24.2 Å². The summed E-state index contributed by atoms with van der Waals surface area (Å²) in [5.74, 6) is 1.03. The molecular formula is C35H47N3O5. The Labute approximate surface area is 256 Å². The quantitative estimate of drug-likeness (QED) is 0.216. The van der Waals surface area contributed by atoms with Gasteiger partial charge in [0.05, 0.1) is 26.4 Å². The summed E-state index contributed by atoms with van der Waals surface area (Å²) >= 11 is 0. The number of aryl methyl sites for hydroxylation is 2. The van der Waals surface area contributed by atoms with Crippen molar-refractivity contribution in [1.82, 2.24) is 15.5 Å². The van der Waals surface area contributed by atoms with Crippen LogP contribution in [-0.4, -0.2) is 67.8 Å². The molecule has 8 nitrogen and oxygen atoms in total. The number of nitrogens with zero attached hydrogens (tertiary/aromatic N) is 1. The summed E-state index contributed by atoms with van der Waals surface area (Å²) in [5.41, 5.74) is 4.65. The van der Waals surface area contributed by atoms with Gasteiger partial charge >= 0.3 is 0 Å². The molecule has 2 amide bonds. The molecule has 0 aliphatic heterocycles. The van der Waals surface area contributed by atoms with E-state index in [1.807, 2.05) is 81.1 Å². The second-order valence-corrected chi connectivity index (χ2v) is 11.0. The first-order valence-corrected chi connectivity index (χ1v) is 15.1. The van der Waals surface area contributed by atoms with Crippen molar-refractivity contribution >= 4 is 11.8 Å². The first-order valence-electron chi connectivity index (χ1n) is 15.1. The Morgan fingerprint density at radius 2 is 1.60 bits per heavy atom. The molecule has 8 heteroatoms. The monoisotopic (exact) mass is 589 g/mol. The van der Waals surface area contributed by atoms with Gasteiger partial charge in [-0.2, -0.15) is 0 Å². The van der Waals surface area contributed by atoms with Crippen LogP contribution in [0, 0.1) is 13.8 Å². The number of hydrogen-bond acceptors (Lipinski definition) is 6. The van der Waals surface area contributed by atoms with Crippen molar-refractivity contribution in [3.8, 4) is 11.5 Å². The average molecular weight is 590 g/mol. The SMILES string of the molecule is CCCN(CCC)C(=O)c1cc(C)cc(C(=O)N[C@@H](Cc2cc(C)ccc2OC)[C@H](O)CNCc2cccc(OC)c2)c1. The summed E-state index contributed by atoms with van der Waals surface area (Å²) < 4.78 is 10.9. The van der Waals surface area contributed by atoms with Gasteiger partial charge < -0.3 is 30.1 Å². The van der Waals surface area contributed by atoms with Crippen LogP contribution in [-0.2, 0) is 13.0 Å². The standard InChI is InChI=1S/C35H47N3O5/c1-7-14-38(15-8-2)35(41)29-18-25(4)17-28(20-29)34(40)37-31(21-27-16-24(3)12-13-33(27)43-6)32(39)23-36-22-26-10-9-11-30(19-26)42-5/h9-13,16-20,31-32,36,39H,7-8,14-15,21-23H2,1-6H3,(H,37,40)/t31-,32+/m0/s1. The molecule has 0 aliphatic rings. The van der Waals surface area contributed by atoms with E-state index in [0.717, 1.165) is 40.8 Å². The number of carbonyl (C=O) groups excluding carboxylic acids is 2. The predicted molar refractivity (Wildman–Crippen MR) is 171 cm³/mol. The summed E-state index contributed by atoms with van der Waals surface area (Å²) in [4.78, 5) is 28.8. The molecule has 0 spiro atoms. The fourth-order valence-electron chi connectivity index (χ4n) is 5.20. The lowest BCUT2D eigenvalue weighted by Crippen LogP contribution is -2.48. The minimum atomic E-state index is -0.907. The van der Waals surface area contributed by atoms with Crippen molar-refractivity contribution in [2.24, 2.45) is 0 Å². The number of nitrogens with one attached hydrogen (secondary N) is 2. The van der Waals surface area contributed by atoms with Crippen LogP contribution in [0.3, 0.4) is 0 Å². The number of hydrogen-bond donors (Lipinski definition) is 3. The lowest BCUT2D eigenvalue weighted by atomic mass is 9.97. The smallest absolute Gasteiger partial charge is 0.253 e. The molecule has 3 rings (SSSR count). The molecule has 0 heterocycles. The fourth-order valence-corrected chi connectivity index (χ4v) is 5.20. The molecule has 0 saturated carbocycles. The summed E-state index contributed by atoms with van der Waals surface area (Å²) in [6, 6.07) is 18.2. The molecule has 3 aromatic rings. The molecule has 0 bridgehead atoms. The number of rotatable bonds is 16. The number of methoxy groups -OCH3 is 2. The van der Waals surface area contributed by atoms with Gasteiger partial charge in [0.25, 0.3) is 11.8 Å². The third-order valence-corrected chi connectivity index (χ3v) is 7.33.